The second-order valence-corrected chi connectivity index (χ2v) is 6.96. The molecule has 0 unspecified atom stereocenters. The summed E-state index contributed by atoms with van der Waals surface area (Å²) in [7, 11) is -0.428. The molecule has 23 heavy (non-hydrogen) atoms. The van der Waals surface area contributed by atoms with Crippen LogP contribution in [-0.2, 0) is 25.9 Å². The topological polar surface area (TPSA) is 99.0 Å². The fourth-order valence-electron chi connectivity index (χ4n) is 1.94. The fraction of sp³-hybridized carbons (Fsp3) is 0.571. The highest BCUT2D eigenvalue weighted by atomic mass is 32.2. The Hall–Kier alpha value is -1.55. The summed E-state index contributed by atoms with van der Waals surface area (Å²) in [6.45, 7) is 1.14. The van der Waals surface area contributed by atoms with Gasteiger partial charge in [-0.15, -0.1) is 0 Å². The quantitative estimate of drug-likeness (QED) is 0.439. The molecule has 9 heteroatoms. The van der Waals surface area contributed by atoms with Gasteiger partial charge in [-0.3, -0.25) is 10.1 Å². The third-order valence-electron chi connectivity index (χ3n) is 3.28. The summed E-state index contributed by atoms with van der Waals surface area (Å²) in [5.74, 6) is -0.0712. The molecule has 0 atom stereocenters. The van der Waals surface area contributed by atoms with E-state index >= 15 is 0 Å². The first-order valence-electron chi connectivity index (χ1n) is 7.09. The SMILES string of the molecule is COCCN(CCOC)S(=O)(=O)CCc1ccc([N+](=O)[O-])cc1. The number of non-ortho nitro benzene ring substituents is 1. The van der Waals surface area contributed by atoms with E-state index in [-0.39, 0.29) is 31.0 Å². The average Bonchev–Trinajstić information content (AvgIpc) is 2.53. The van der Waals surface area contributed by atoms with Crippen LogP contribution >= 0.6 is 0 Å². The second-order valence-electron chi connectivity index (χ2n) is 4.87. The van der Waals surface area contributed by atoms with Crippen molar-refractivity contribution >= 4 is 15.7 Å². The van der Waals surface area contributed by atoms with Gasteiger partial charge in [0.25, 0.3) is 5.69 Å². The molecule has 1 aromatic rings. The normalized spacial score (nSPS) is 11.8. The number of benzene rings is 1. The molecule has 0 heterocycles. The van der Waals surface area contributed by atoms with Crippen molar-refractivity contribution in [1.82, 2.24) is 4.31 Å². The molecule has 0 bridgehead atoms. The lowest BCUT2D eigenvalue weighted by molar-refractivity contribution is -0.384. The summed E-state index contributed by atoms with van der Waals surface area (Å²) in [5.41, 5.74) is 0.719. The van der Waals surface area contributed by atoms with Crippen LogP contribution in [0.3, 0.4) is 0 Å². The van der Waals surface area contributed by atoms with Crippen molar-refractivity contribution < 1.29 is 22.8 Å². The maximum Gasteiger partial charge on any atom is 0.269 e. The molecule has 1 aromatic carbocycles. The van der Waals surface area contributed by atoms with E-state index < -0.39 is 14.9 Å². The smallest absolute Gasteiger partial charge is 0.269 e. The fourth-order valence-corrected chi connectivity index (χ4v) is 3.39. The predicted octanol–water partition coefficient (Wildman–Crippen LogP) is 1.06. The number of aryl methyl sites for hydroxylation is 1. The number of nitro groups is 1. The molecule has 0 saturated carbocycles. The molecule has 0 aliphatic rings. The van der Waals surface area contributed by atoms with E-state index in [2.05, 4.69) is 0 Å². The van der Waals surface area contributed by atoms with Crippen molar-refractivity contribution in [2.24, 2.45) is 0 Å². The number of nitro benzene ring substituents is 1. The molecule has 0 aliphatic heterocycles. The number of hydrogen-bond acceptors (Lipinski definition) is 6. The van der Waals surface area contributed by atoms with Crippen LogP contribution in [0.5, 0.6) is 0 Å². The van der Waals surface area contributed by atoms with Crippen molar-refractivity contribution in [1.29, 1.82) is 0 Å². The lowest BCUT2D eigenvalue weighted by Crippen LogP contribution is -2.38. The molecule has 0 radical (unpaired) electrons. The van der Waals surface area contributed by atoms with Gasteiger partial charge in [-0.05, 0) is 12.0 Å². The van der Waals surface area contributed by atoms with Crippen molar-refractivity contribution in [3.05, 3.63) is 39.9 Å². The van der Waals surface area contributed by atoms with Crippen LogP contribution in [0.25, 0.3) is 0 Å². The summed E-state index contributed by atoms with van der Waals surface area (Å²) in [6.07, 6.45) is 0.288. The molecule has 0 saturated heterocycles. The lowest BCUT2D eigenvalue weighted by Gasteiger charge is -2.21. The minimum atomic E-state index is -3.45. The minimum Gasteiger partial charge on any atom is -0.383 e. The molecule has 0 spiro atoms. The van der Waals surface area contributed by atoms with Gasteiger partial charge in [0.15, 0.2) is 0 Å². The Morgan fingerprint density at radius 2 is 1.61 bits per heavy atom. The van der Waals surface area contributed by atoms with Crippen molar-refractivity contribution in [3.63, 3.8) is 0 Å². The molecule has 0 fully saturated rings. The van der Waals surface area contributed by atoms with Gasteiger partial charge >= 0.3 is 0 Å². The molecular weight excluding hydrogens is 324 g/mol. The van der Waals surface area contributed by atoms with Crippen molar-refractivity contribution in [3.8, 4) is 0 Å². The van der Waals surface area contributed by atoms with Crippen LogP contribution in [0, 0.1) is 10.1 Å². The summed E-state index contributed by atoms with van der Waals surface area (Å²) in [6, 6.07) is 5.88. The first-order valence-corrected chi connectivity index (χ1v) is 8.70. The zero-order chi connectivity index (χ0) is 17.3. The number of sulfonamides is 1. The van der Waals surface area contributed by atoms with E-state index in [0.29, 0.717) is 13.2 Å². The van der Waals surface area contributed by atoms with Crippen molar-refractivity contribution in [2.75, 3.05) is 46.3 Å². The monoisotopic (exact) mass is 346 g/mol. The zero-order valence-electron chi connectivity index (χ0n) is 13.3. The first-order chi connectivity index (χ1) is 10.9. The maximum atomic E-state index is 12.4. The molecular formula is C14H22N2O6S. The number of rotatable bonds is 11. The maximum absolute atomic E-state index is 12.4. The molecule has 0 N–H and O–H groups in total. The molecule has 1 rings (SSSR count). The summed E-state index contributed by atoms with van der Waals surface area (Å²) < 4.78 is 36.0. The van der Waals surface area contributed by atoms with Gasteiger partial charge in [0.05, 0.1) is 23.9 Å². The number of hydrogen-bond donors (Lipinski definition) is 0. The Morgan fingerprint density at radius 1 is 1.09 bits per heavy atom. The van der Waals surface area contributed by atoms with Crippen molar-refractivity contribution in [2.45, 2.75) is 6.42 Å². The van der Waals surface area contributed by atoms with Gasteiger partial charge < -0.3 is 9.47 Å². The highest BCUT2D eigenvalue weighted by molar-refractivity contribution is 7.89. The van der Waals surface area contributed by atoms with Crippen LogP contribution in [-0.4, -0.2) is 63.9 Å². The van der Waals surface area contributed by atoms with Crippen LogP contribution in [0.1, 0.15) is 5.56 Å². The Bertz CT molecular complexity index is 580. The first kappa shape index (κ1) is 19.5. The number of methoxy groups -OCH3 is 2. The molecule has 8 nitrogen and oxygen atoms in total. The third-order valence-corrected chi connectivity index (χ3v) is 5.15. The van der Waals surface area contributed by atoms with Crippen LogP contribution in [0.15, 0.2) is 24.3 Å². The molecule has 130 valence electrons. The predicted molar refractivity (Wildman–Crippen MR) is 85.9 cm³/mol. The number of ether oxygens (including phenoxy) is 2. The van der Waals surface area contributed by atoms with E-state index in [1.54, 1.807) is 12.1 Å². The minimum absolute atomic E-state index is 0.0153. The lowest BCUT2D eigenvalue weighted by atomic mass is 10.1. The van der Waals surface area contributed by atoms with Gasteiger partial charge in [0.1, 0.15) is 0 Å². The van der Waals surface area contributed by atoms with Crippen LogP contribution in [0.4, 0.5) is 5.69 Å². The molecule has 0 aliphatic carbocycles. The highest BCUT2D eigenvalue weighted by Gasteiger charge is 2.21. The highest BCUT2D eigenvalue weighted by Crippen LogP contribution is 2.13. The van der Waals surface area contributed by atoms with Gasteiger partial charge in [0, 0.05) is 39.4 Å². The zero-order valence-corrected chi connectivity index (χ0v) is 14.1. The van der Waals surface area contributed by atoms with E-state index in [1.165, 1.54) is 30.7 Å². The number of nitrogens with zero attached hydrogens (tertiary/aromatic N) is 2. The Kier molecular flexibility index (Phi) is 8.10. The molecule has 0 amide bonds. The van der Waals surface area contributed by atoms with E-state index in [9.17, 15) is 18.5 Å². The average molecular weight is 346 g/mol. The standard InChI is InChI=1S/C14H22N2O6S/c1-21-10-8-15(9-11-22-2)23(19,20)12-7-13-3-5-14(6-4-13)16(17)18/h3-6H,7-12H2,1-2H3. The Morgan fingerprint density at radius 3 is 2.04 bits per heavy atom. The van der Waals surface area contributed by atoms with E-state index in [4.69, 9.17) is 9.47 Å². The molecule has 0 aromatic heterocycles. The largest absolute Gasteiger partial charge is 0.383 e. The summed E-state index contributed by atoms with van der Waals surface area (Å²) >= 11 is 0. The van der Waals surface area contributed by atoms with Crippen LogP contribution < -0.4 is 0 Å². The summed E-state index contributed by atoms with van der Waals surface area (Å²) in [4.78, 5) is 10.1. The third kappa shape index (κ3) is 6.61. The van der Waals surface area contributed by atoms with Gasteiger partial charge in [-0.25, -0.2) is 8.42 Å². The second kappa shape index (κ2) is 9.56. The Labute approximate surface area is 136 Å². The Balaban J connectivity index is 2.68. The summed E-state index contributed by atoms with van der Waals surface area (Å²) in [5, 5.41) is 10.6. The van der Waals surface area contributed by atoms with Crippen LogP contribution in [0.2, 0.25) is 0 Å². The van der Waals surface area contributed by atoms with Gasteiger partial charge in [-0.1, -0.05) is 12.1 Å². The van der Waals surface area contributed by atoms with Gasteiger partial charge in [0.2, 0.25) is 10.0 Å². The van der Waals surface area contributed by atoms with Gasteiger partial charge in [-0.2, -0.15) is 4.31 Å². The van der Waals surface area contributed by atoms with E-state index in [0.717, 1.165) is 5.56 Å². The van der Waals surface area contributed by atoms with E-state index in [1.807, 2.05) is 0 Å².